The van der Waals surface area contributed by atoms with Gasteiger partial charge in [0, 0.05) is 18.3 Å². The van der Waals surface area contributed by atoms with E-state index in [4.69, 9.17) is 0 Å². The molecule has 0 saturated carbocycles. The van der Waals surface area contributed by atoms with Crippen molar-refractivity contribution in [2.45, 2.75) is 38.8 Å². The highest BCUT2D eigenvalue weighted by Gasteiger charge is 2.13. The number of hydrogen-bond donors (Lipinski definition) is 1. The maximum atomic E-state index is 3.69. The molecular formula is C14H21NS. The van der Waals surface area contributed by atoms with Gasteiger partial charge in [-0.15, -0.1) is 0 Å². The minimum absolute atomic E-state index is 0.726. The second-order valence-corrected chi connectivity index (χ2v) is 5.57. The summed E-state index contributed by atoms with van der Waals surface area (Å²) in [6.45, 7) is 3.27. The lowest BCUT2D eigenvalue weighted by atomic mass is 10.0. The lowest BCUT2D eigenvalue weighted by molar-refractivity contribution is 0.506. The van der Waals surface area contributed by atoms with Crippen molar-refractivity contribution in [2.75, 3.05) is 11.5 Å². The summed E-state index contributed by atoms with van der Waals surface area (Å²) in [4.78, 5) is 0. The first kappa shape index (κ1) is 12.0. The molecule has 1 aliphatic rings. The zero-order valence-electron chi connectivity index (χ0n) is 10.0. The van der Waals surface area contributed by atoms with Crippen LogP contribution in [0.25, 0.3) is 0 Å². The van der Waals surface area contributed by atoms with Gasteiger partial charge >= 0.3 is 0 Å². The van der Waals surface area contributed by atoms with Crippen LogP contribution in [-0.2, 0) is 13.0 Å². The first-order valence-electron chi connectivity index (χ1n) is 6.28. The maximum absolute atomic E-state index is 3.69. The second-order valence-electron chi connectivity index (χ2n) is 4.42. The van der Waals surface area contributed by atoms with Crippen molar-refractivity contribution >= 4 is 11.8 Å². The van der Waals surface area contributed by atoms with E-state index in [1.54, 1.807) is 0 Å². The average Bonchev–Trinajstić information content (AvgIpc) is 2.38. The number of thioether (sulfide) groups is 1. The summed E-state index contributed by atoms with van der Waals surface area (Å²) in [6, 6.07) is 9.50. The molecule has 1 N–H and O–H groups in total. The molecule has 1 aromatic rings. The van der Waals surface area contributed by atoms with E-state index in [1.165, 1.54) is 35.5 Å². The molecule has 1 fully saturated rings. The molecule has 1 heterocycles. The van der Waals surface area contributed by atoms with E-state index in [0.29, 0.717) is 0 Å². The van der Waals surface area contributed by atoms with Gasteiger partial charge in [-0.05, 0) is 36.1 Å². The van der Waals surface area contributed by atoms with Crippen molar-refractivity contribution in [1.29, 1.82) is 0 Å². The Kier molecular flexibility index (Phi) is 4.73. The van der Waals surface area contributed by atoms with Crippen LogP contribution in [0.2, 0.25) is 0 Å². The summed E-state index contributed by atoms with van der Waals surface area (Å²) >= 11 is 2.09. The topological polar surface area (TPSA) is 12.0 Å². The Morgan fingerprint density at radius 1 is 1.31 bits per heavy atom. The summed E-state index contributed by atoms with van der Waals surface area (Å²) < 4.78 is 0. The fourth-order valence-electron chi connectivity index (χ4n) is 2.23. The van der Waals surface area contributed by atoms with Crippen molar-refractivity contribution in [3.05, 3.63) is 35.4 Å². The normalized spacial score (nSPS) is 20.9. The van der Waals surface area contributed by atoms with Gasteiger partial charge in [0.1, 0.15) is 0 Å². The van der Waals surface area contributed by atoms with Gasteiger partial charge in [-0.3, -0.25) is 0 Å². The highest BCUT2D eigenvalue weighted by Crippen LogP contribution is 2.18. The Morgan fingerprint density at radius 3 is 2.81 bits per heavy atom. The molecular weight excluding hydrogens is 214 g/mol. The standard InChI is InChI=1S/C14H21NS/c1-2-12-6-3-4-7-13(12)10-15-14-8-5-9-16-11-14/h3-4,6-7,14-15H,2,5,8-11H2,1H3. The minimum Gasteiger partial charge on any atom is -0.309 e. The number of aryl methyl sites for hydroxylation is 1. The molecule has 0 bridgehead atoms. The Hall–Kier alpha value is -0.470. The van der Waals surface area contributed by atoms with Crippen molar-refractivity contribution in [2.24, 2.45) is 0 Å². The third kappa shape index (κ3) is 3.26. The molecule has 1 atom stereocenters. The van der Waals surface area contributed by atoms with Crippen LogP contribution in [0.5, 0.6) is 0 Å². The molecule has 88 valence electrons. The summed E-state index contributed by atoms with van der Waals surface area (Å²) in [7, 11) is 0. The maximum Gasteiger partial charge on any atom is 0.0211 e. The number of rotatable bonds is 4. The van der Waals surface area contributed by atoms with Gasteiger partial charge in [0.05, 0.1) is 0 Å². The Labute approximate surface area is 103 Å². The minimum atomic E-state index is 0.726. The summed E-state index contributed by atoms with van der Waals surface area (Å²) in [5.74, 6) is 2.64. The molecule has 0 radical (unpaired) electrons. The van der Waals surface area contributed by atoms with Gasteiger partial charge < -0.3 is 5.32 Å². The fraction of sp³-hybridized carbons (Fsp3) is 0.571. The molecule has 1 nitrogen and oxygen atoms in total. The van der Waals surface area contributed by atoms with E-state index in [9.17, 15) is 0 Å². The van der Waals surface area contributed by atoms with Crippen LogP contribution in [0, 0.1) is 0 Å². The van der Waals surface area contributed by atoms with Gasteiger partial charge in [0.2, 0.25) is 0 Å². The molecule has 0 aromatic heterocycles. The highest BCUT2D eigenvalue weighted by molar-refractivity contribution is 7.99. The van der Waals surface area contributed by atoms with Gasteiger partial charge in [-0.2, -0.15) is 11.8 Å². The highest BCUT2D eigenvalue weighted by atomic mass is 32.2. The molecule has 1 aliphatic heterocycles. The van der Waals surface area contributed by atoms with Crippen LogP contribution in [0.3, 0.4) is 0 Å². The van der Waals surface area contributed by atoms with E-state index < -0.39 is 0 Å². The van der Waals surface area contributed by atoms with Crippen molar-refractivity contribution in [3.8, 4) is 0 Å². The van der Waals surface area contributed by atoms with Crippen LogP contribution in [0.4, 0.5) is 0 Å². The SMILES string of the molecule is CCc1ccccc1CNC1CCCSC1. The summed E-state index contributed by atoms with van der Waals surface area (Å²) in [6.07, 6.45) is 3.86. The van der Waals surface area contributed by atoms with E-state index in [1.807, 2.05) is 0 Å². The predicted molar refractivity (Wildman–Crippen MR) is 73.0 cm³/mol. The van der Waals surface area contributed by atoms with Gasteiger partial charge in [-0.1, -0.05) is 31.2 Å². The van der Waals surface area contributed by atoms with Gasteiger partial charge in [-0.25, -0.2) is 0 Å². The van der Waals surface area contributed by atoms with E-state index in [2.05, 4.69) is 48.3 Å². The molecule has 2 heteroatoms. The van der Waals surface area contributed by atoms with E-state index in [-0.39, 0.29) is 0 Å². The lowest BCUT2D eigenvalue weighted by Gasteiger charge is -2.23. The molecule has 1 aromatic carbocycles. The first-order chi connectivity index (χ1) is 7.90. The zero-order valence-corrected chi connectivity index (χ0v) is 10.9. The molecule has 0 spiro atoms. The van der Waals surface area contributed by atoms with Crippen LogP contribution >= 0.6 is 11.8 Å². The Balaban J connectivity index is 1.88. The third-order valence-corrected chi connectivity index (χ3v) is 4.46. The molecule has 0 amide bonds. The van der Waals surface area contributed by atoms with E-state index >= 15 is 0 Å². The van der Waals surface area contributed by atoms with Crippen LogP contribution < -0.4 is 5.32 Å². The van der Waals surface area contributed by atoms with E-state index in [0.717, 1.165) is 19.0 Å². The van der Waals surface area contributed by atoms with Crippen LogP contribution in [0.1, 0.15) is 30.9 Å². The second kappa shape index (κ2) is 6.31. The molecule has 1 unspecified atom stereocenters. The molecule has 0 aliphatic carbocycles. The smallest absolute Gasteiger partial charge is 0.0211 e. The van der Waals surface area contributed by atoms with Crippen molar-refractivity contribution < 1.29 is 0 Å². The van der Waals surface area contributed by atoms with Crippen LogP contribution in [0.15, 0.2) is 24.3 Å². The Morgan fingerprint density at radius 2 is 2.12 bits per heavy atom. The monoisotopic (exact) mass is 235 g/mol. The summed E-state index contributed by atoms with van der Waals surface area (Å²) in [5, 5.41) is 3.69. The lowest BCUT2D eigenvalue weighted by Crippen LogP contribution is -2.33. The molecule has 1 saturated heterocycles. The third-order valence-electron chi connectivity index (χ3n) is 3.24. The van der Waals surface area contributed by atoms with Crippen molar-refractivity contribution in [1.82, 2.24) is 5.32 Å². The summed E-state index contributed by atoms with van der Waals surface area (Å²) in [5.41, 5.74) is 2.96. The largest absolute Gasteiger partial charge is 0.309 e. The molecule has 2 rings (SSSR count). The number of benzene rings is 1. The zero-order chi connectivity index (χ0) is 11.2. The predicted octanol–water partition coefficient (Wildman–Crippen LogP) is 3.23. The van der Waals surface area contributed by atoms with Crippen LogP contribution in [-0.4, -0.2) is 17.5 Å². The van der Waals surface area contributed by atoms with Gasteiger partial charge in [0.15, 0.2) is 0 Å². The number of hydrogen-bond acceptors (Lipinski definition) is 2. The van der Waals surface area contributed by atoms with Gasteiger partial charge in [0.25, 0.3) is 0 Å². The number of nitrogens with one attached hydrogen (secondary N) is 1. The average molecular weight is 235 g/mol. The van der Waals surface area contributed by atoms with Crippen molar-refractivity contribution in [3.63, 3.8) is 0 Å². The Bertz CT molecular complexity index is 318. The fourth-order valence-corrected chi connectivity index (χ4v) is 3.34. The molecule has 16 heavy (non-hydrogen) atoms. The quantitative estimate of drug-likeness (QED) is 0.860. The first-order valence-corrected chi connectivity index (χ1v) is 7.43.